The van der Waals surface area contributed by atoms with E-state index in [9.17, 15) is 0 Å². The molecule has 2 rings (SSSR count). The van der Waals surface area contributed by atoms with E-state index in [-0.39, 0.29) is 0 Å². The molecule has 29 heavy (non-hydrogen) atoms. The standard InChI is InChI=1S/C27H42N2/c1-3-5-7-9-10-11-13-15-17-25-22-28-27(29-23-25)26-20-18-24(19-21-26)16-14-12-8-6-4-2/h18-23H,3-17H2,1-2H3. The Kier molecular flexibility index (Phi) is 12.3. The van der Waals surface area contributed by atoms with Crippen LogP contribution in [0.1, 0.15) is 108 Å². The number of nitrogens with zero attached hydrogens (tertiary/aromatic N) is 2. The van der Waals surface area contributed by atoms with Gasteiger partial charge in [0.2, 0.25) is 0 Å². The summed E-state index contributed by atoms with van der Waals surface area (Å²) in [6.45, 7) is 4.54. The van der Waals surface area contributed by atoms with E-state index < -0.39 is 0 Å². The van der Waals surface area contributed by atoms with Crippen molar-refractivity contribution in [2.45, 2.75) is 110 Å². The van der Waals surface area contributed by atoms with E-state index in [0.29, 0.717) is 0 Å². The quantitative estimate of drug-likeness (QED) is 0.267. The fourth-order valence-corrected chi connectivity index (χ4v) is 3.85. The zero-order valence-corrected chi connectivity index (χ0v) is 19.0. The Hall–Kier alpha value is -1.70. The first-order valence-electron chi connectivity index (χ1n) is 12.2. The summed E-state index contributed by atoms with van der Waals surface area (Å²) >= 11 is 0. The van der Waals surface area contributed by atoms with Crippen molar-refractivity contribution >= 4 is 0 Å². The second kappa shape index (κ2) is 15.2. The highest BCUT2D eigenvalue weighted by Gasteiger charge is 2.03. The summed E-state index contributed by atoms with van der Waals surface area (Å²) in [5, 5.41) is 0. The third-order valence-electron chi connectivity index (χ3n) is 5.81. The van der Waals surface area contributed by atoms with Crippen molar-refractivity contribution in [3.8, 4) is 11.4 Å². The van der Waals surface area contributed by atoms with Gasteiger partial charge in [-0.3, -0.25) is 0 Å². The Balaban J connectivity index is 1.67. The van der Waals surface area contributed by atoms with Crippen LogP contribution in [0.15, 0.2) is 36.7 Å². The second-order valence-corrected chi connectivity index (χ2v) is 8.50. The van der Waals surface area contributed by atoms with Gasteiger partial charge in [-0.2, -0.15) is 0 Å². The highest BCUT2D eigenvalue weighted by atomic mass is 14.9. The predicted octanol–water partition coefficient (Wildman–Crippen LogP) is 8.34. The van der Waals surface area contributed by atoms with Crippen molar-refractivity contribution < 1.29 is 0 Å². The Morgan fingerprint density at radius 3 is 1.48 bits per heavy atom. The molecule has 0 aliphatic heterocycles. The van der Waals surface area contributed by atoms with E-state index in [4.69, 9.17) is 0 Å². The van der Waals surface area contributed by atoms with E-state index >= 15 is 0 Å². The highest BCUT2D eigenvalue weighted by molar-refractivity contribution is 5.55. The normalized spacial score (nSPS) is 11.1. The van der Waals surface area contributed by atoms with Crippen LogP contribution >= 0.6 is 0 Å². The van der Waals surface area contributed by atoms with Gasteiger partial charge in [-0.1, -0.05) is 109 Å². The topological polar surface area (TPSA) is 25.8 Å². The van der Waals surface area contributed by atoms with Crippen molar-refractivity contribution in [1.29, 1.82) is 0 Å². The molecule has 160 valence electrons. The van der Waals surface area contributed by atoms with Gasteiger partial charge >= 0.3 is 0 Å². The summed E-state index contributed by atoms with van der Waals surface area (Å²) in [6.07, 6.45) is 23.9. The molecule has 0 aliphatic carbocycles. The molecule has 0 fully saturated rings. The maximum atomic E-state index is 4.61. The summed E-state index contributed by atoms with van der Waals surface area (Å²) in [5.41, 5.74) is 3.82. The zero-order chi connectivity index (χ0) is 20.6. The van der Waals surface area contributed by atoms with Crippen LogP contribution in [-0.2, 0) is 12.8 Å². The molecule has 0 amide bonds. The number of aryl methyl sites for hydroxylation is 2. The lowest BCUT2D eigenvalue weighted by Gasteiger charge is -2.05. The lowest BCUT2D eigenvalue weighted by molar-refractivity contribution is 0.575. The molecule has 2 nitrogen and oxygen atoms in total. The second-order valence-electron chi connectivity index (χ2n) is 8.50. The van der Waals surface area contributed by atoms with Gasteiger partial charge in [0, 0.05) is 18.0 Å². The molecule has 1 aromatic carbocycles. The van der Waals surface area contributed by atoms with E-state index in [0.717, 1.165) is 17.8 Å². The molecule has 0 saturated heterocycles. The van der Waals surface area contributed by atoms with Crippen LogP contribution in [0.4, 0.5) is 0 Å². The molecule has 0 saturated carbocycles. The molecular formula is C27H42N2. The summed E-state index contributed by atoms with van der Waals surface area (Å²) in [6, 6.07) is 8.84. The van der Waals surface area contributed by atoms with Crippen molar-refractivity contribution in [2.24, 2.45) is 0 Å². The third-order valence-corrected chi connectivity index (χ3v) is 5.81. The summed E-state index contributed by atoms with van der Waals surface area (Å²) in [5.74, 6) is 0.846. The first-order chi connectivity index (χ1) is 14.3. The minimum atomic E-state index is 0.846. The molecule has 0 N–H and O–H groups in total. The molecule has 1 aromatic heterocycles. The van der Waals surface area contributed by atoms with Gasteiger partial charge in [-0.15, -0.1) is 0 Å². The summed E-state index contributed by atoms with van der Waals surface area (Å²) in [4.78, 5) is 9.22. The van der Waals surface area contributed by atoms with Gasteiger partial charge in [0.05, 0.1) is 0 Å². The maximum absolute atomic E-state index is 4.61. The van der Waals surface area contributed by atoms with Crippen LogP contribution in [0.5, 0.6) is 0 Å². The molecule has 2 heteroatoms. The van der Waals surface area contributed by atoms with Crippen LogP contribution in [0.2, 0.25) is 0 Å². The Morgan fingerprint density at radius 1 is 0.517 bits per heavy atom. The van der Waals surface area contributed by atoms with Crippen LogP contribution in [0, 0.1) is 0 Å². The first-order valence-corrected chi connectivity index (χ1v) is 12.2. The summed E-state index contributed by atoms with van der Waals surface area (Å²) in [7, 11) is 0. The molecule has 0 aliphatic rings. The molecule has 0 bridgehead atoms. The fourth-order valence-electron chi connectivity index (χ4n) is 3.85. The van der Waals surface area contributed by atoms with Crippen molar-refractivity contribution in [3.63, 3.8) is 0 Å². The minimum absolute atomic E-state index is 0.846. The van der Waals surface area contributed by atoms with Gasteiger partial charge in [-0.05, 0) is 36.8 Å². The molecule has 0 radical (unpaired) electrons. The SMILES string of the molecule is CCCCCCCCCCc1cnc(-c2ccc(CCCCCCC)cc2)nc1. The predicted molar refractivity (Wildman–Crippen MR) is 126 cm³/mol. The smallest absolute Gasteiger partial charge is 0.159 e. The van der Waals surface area contributed by atoms with Crippen molar-refractivity contribution in [2.75, 3.05) is 0 Å². The number of hydrogen-bond donors (Lipinski definition) is 0. The number of hydrogen-bond acceptors (Lipinski definition) is 2. The van der Waals surface area contributed by atoms with Crippen LogP contribution < -0.4 is 0 Å². The molecule has 0 atom stereocenters. The number of unbranched alkanes of at least 4 members (excludes halogenated alkanes) is 11. The number of aromatic nitrogens is 2. The van der Waals surface area contributed by atoms with Gasteiger partial charge in [0.25, 0.3) is 0 Å². The monoisotopic (exact) mass is 394 g/mol. The molecule has 1 heterocycles. The van der Waals surface area contributed by atoms with Gasteiger partial charge in [0.1, 0.15) is 0 Å². The first kappa shape index (κ1) is 23.6. The van der Waals surface area contributed by atoms with Crippen LogP contribution in [-0.4, -0.2) is 9.97 Å². The zero-order valence-electron chi connectivity index (χ0n) is 19.0. The fraction of sp³-hybridized carbons (Fsp3) is 0.630. The van der Waals surface area contributed by atoms with Gasteiger partial charge in [0.15, 0.2) is 5.82 Å². The Bertz CT molecular complexity index is 631. The third kappa shape index (κ3) is 10.1. The van der Waals surface area contributed by atoms with Crippen LogP contribution in [0.3, 0.4) is 0 Å². The van der Waals surface area contributed by atoms with E-state index in [1.807, 2.05) is 12.4 Å². The Labute approximate surface area is 179 Å². The highest BCUT2D eigenvalue weighted by Crippen LogP contribution is 2.18. The Morgan fingerprint density at radius 2 is 0.966 bits per heavy atom. The number of benzene rings is 1. The van der Waals surface area contributed by atoms with E-state index in [1.165, 1.54) is 101 Å². The molecular weight excluding hydrogens is 352 g/mol. The molecule has 2 aromatic rings. The molecule has 0 spiro atoms. The largest absolute Gasteiger partial charge is 0.236 e. The number of rotatable bonds is 16. The average molecular weight is 395 g/mol. The van der Waals surface area contributed by atoms with E-state index in [2.05, 4.69) is 48.1 Å². The lowest BCUT2D eigenvalue weighted by Crippen LogP contribution is -1.94. The minimum Gasteiger partial charge on any atom is -0.236 e. The maximum Gasteiger partial charge on any atom is 0.159 e. The van der Waals surface area contributed by atoms with Crippen molar-refractivity contribution in [3.05, 3.63) is 47.8 Å². The van der Waals surface area contributed by atoms with Gasteiger partial charge in [-0.25, -0.2) is 9.97 Å². The van der Waals surface area contributed by atoms with Gasteiger partial charge < -0.3 is 0 Å². The van der Waals surface area contributed by atoms with E-state index in [1.54, 1.807) is 0 Å². The average Bonchev–Trinajstić information content (AvgIpc) is 2.76. The lowest BCUT2D eigenvalue weighted by atomic mass is 10.0. The van der Waals surface area contributed by atoms with Crippen LogP contribution in [0.25, 0.3) is 11.4 Å². The molecule has 0 unspecified atom stereocenters. The van der Waals surface area contributed by atoms with Crippen molar-refractivity contribution in [1.82, 2.24) is 9.97 Å². The summed E-state index contributed by atoms with van der Waals surface area (Å²) < 4.78 is 0.